The van der Waals surface area contributed by atoms with Crippen LogP contribution in [0.5, 0.6) is 0 Å². The first-order valence-corrected chi connectivity index (χ1v) is 11.8. The second-order valence-electron chi connectivity index (χ2n) is 7.34. The van der Waals surface area contributed by atoms with Crippen molar-refractivity contribution < 1.29 is 9.47 Å². The van der Waals surface area contributed by atoms with Gasteiger partial charge in [-0.15, -0.1) is 11.8 Å². The van der Waals surface area contributed by atoms with Crippen molar-refractivity contribution in [2.45, 2.75) is 36.4 Å². The highest BCUT2D eigenvalue weighted by Gasteiger charge is 2.37. The van der Waals surface area contributed by atoms with Gasteiger partial charge in [-0.2, -0.15) is 0 Å². The molecule has 3 aromatic rings. The number of thioether (sulfide) groups is 1. The topological polar surface area (TPSA) is 73.3 Å². The van der Waals surface area contributed by atoms with E-state index in [1.165, 1.54) is 0 Å². The quantitative estimate of drug-likeness (QED) is 0.501. The summed E-state index contributed by atoms with van der Waals surface area (Å²) in [5, 5.41) is -0.0817. The standard InChI is InChI=1S/C23H23BrN2O4S/c24-18-12-26(23(28)25-22(18)27)21-11-19(30-14-17-9-5-2-6-10-17)20(31-21)15-29-13-16-7-3-1-4-8-16/h1-10,12,19-21H,11,13-15H2,(H,25,27,28)/t19-,20+,21+/m0/s1. The fourth-order valence-corrected chi connectivity index (χ4v) is 5.37. The number of hydrogen-bond acceptors (Lipinski definition) is 5. The Morgan fingerprint density at radius 2 is 1.65 bits per heavy atom. The van der Waals surface area contributed by atoms with Crippen LogP contribution in [0.25, 0.3) is 0 Å². The fourth-order valence-electron chi connectivity index (χ4n) is 3.52. The summed E-state index contributed by atoms with van der Waals surface area (Å²) < 4.78 is 14.1. The van der Waals surface area contributed by atoms with E-state index < -0.39 is 11.2 Å². The Morgan fingerprint density at radius 1 is 1.00 bits per heavy atom. The molecule has 1 N–H and O–H groups in total. The highest BCUT2D eigenvalue weighted by Crippen LogP contribution is 2.43. The minimum Gasteiger partial charge on any atom is -0.376 e. The van der Waals surface area contributed by atoms with E-state index in [-0.39, 0.29) is 16.7 Å². The molecule has 1 aromatic heterocycles. The molecule has 162 valence electrons. The summed E-state index contributed by atoms with van der Waals surface area (Å²) in [4.78, 5) is 26.4. The van der Waals surface area contributed by atoms with E-state index in [2.05, 4.69) is 20.9 Å². The predicted molar refractivity (Wildman–Crippen MR) is 125 cm³/mol. The number of benzene rings is 2. The number of aromatic nitrogens is 2. The number of nitrogens with one attached hydrogen (secondary N) is 1. The largest absolute Gasteiger partial charge is 0.376 e. The summed E-state index contributed by atoms with van der Waals surface area (Å²) >= 11 is 4.86. The molecular weight excluding hydrogens is 480 g/mol. The van der Waals surface area contributed by atoms with Crippen LogP contribution < -0.4 is 11.2 Å². The number of ether oxygens (including phenoxy) is 2. The van der Waals surface area contributed by atoms with E-state index in [0.717, 1.165) is 11.1 Å². The van der Waals surface area contributed by atoms with E-state index in [9.17, 15) is 9.59 Å². The first-order chi connectivity index (χ1) is 15.1. The molecule has 31 heavy (non-hydrogen) atoms. The molecule has 2 aromatic carbocycles. The van der Waals surface area contributed by atoms with Crippen LogP contribution in [0, 0.1) is 0 Å². The lowest BCUT2D eigenvalue weighted by Gasteiger charge is -2.19. The highest BCUT2D eigenvalue weighted by atomic mass is 79.9. The number of aromatic amines is 1. The number of halogens is 1. The zero-order valence-electron chi connectivity index (χ0n) is 16.8. The molecule has 0 bridgehead atoms. The predicted octanol–water partition coefficient (Wildman–Crippen LogP) is 4.11. The number of hydrogen-bond donors (Lipinski definition) is 1. The maximum atomic E-state index is 12.4. The van der Waals surface area contributed by atoms with Gasteiger partial charge in [-0.1, -0.05) is 60.7 Å². The Bertz CT molecular complexity index is 1100. The Kier molecular flexibility index (Phi) is 7.45. The lowest BCUT2D eigenvalue weighted by Crippen LogP contribution is -2.31. The van der Waals surface area contributed by atoms with Crippen molar-refractivity contribution >= 4 is 27.7 Å². The molecule has 0 unspecified atom stereocenters. The van der Waals surface area contributed by atoms with E-state index in [0.29, 0.717) is 30.7 Å². The highest BCUT2D eigenvalue weighted by molar-refractivity contribution is 9.10. The van der Waals surface area contributed by atoms with Crippen LogP contribution in [0.3, 0.4) is 0 Å². The van der Waals surface area contributed by atoms with Gasteiger partial charge in [0.2, 0.25) is 0 Å². The Balaban J connectivity index is 1.46. The van der Waals surface area contributed by atoms with E-state index >= 15 is 0 Å². The Labute approximate surface area is 192 Å². The monoisotopic (exact) mass is 502 g/mol. The molecular formula is C23H23BrN2O4S. The molecule has 8 heteroatoms. The van der Waals surface area contributed by atoms with Crippen molar-refractivity contribution in [1.82, 2.24) is 9.55 Å². The minimum absolute atomic E-state index is 0.0648. The third kappa shape index (κ3) is 5.77. The van der Waals surface area contributed by atoms with Gasteiger partial charge in [0.1, 0.15) is 0 Å². The van der Waals surface area contributed by atoms with Crippen LogP contribution in [0.1, 0.15) is 22.9 Å². The maximum Gasteiger partial charge on any atom is 0.329 e. The van der Waals surface area contributed by atoms with Crippen molar-refractivity contribution in [3.63, 3.8) is 0 Å². The SMILES string of the molecule is O=c1[nH]c(=O)n([C@H]2C[C@H](OCc3ccccc3)[C@@H](COCc3ccccc3)S2)cc1Br. The van der Waals surface area contributed by atoms with Crippen molar-refractivity contribution in [3.8, 4) is 0 Å². The van der Waals surface area contributed by atoms with Gasteiger partial charge in [-0.05, 0) is 27.1 Å². The van der Waals surface area contributed by atoms with Crippen molar-refractivity contribution in [1.29, 1.82) is 0 Å². The van der Waals surface area contributed by atoms with Crippen LogP contribution in [-0.4, -0.2) is 27.5 Å². The molecule has 1 fully saturated rings. The van der Waals surface area contributed by atoms with Crippen molar-refractivity contribution in [3.05, 3.63) is 103 Å². The first kappa shape index (κ1) is 22.1. The molecule has 3 atom stereocenters. The molecule has 6 nitrogen and oxygen atoms in total. The number of rotatable bonds is 8. The summed E-state index contributed by atoms with van der Waals surface area (Å²) in [6.45, 7) is 1.53. The molecule has 4 rings (SSSR count). The van der Waals surface area contributed by atoms with Crippen LogP contribution in [0.2, 0.25) is 0 Å². The number of nitrogens with zero attached hydrogens (tertiary/aromatic N) is 1. The zero-order chi connectivity index (χ0) is 21.6. The van der Waals surface area contributed by atoms with Gasteiger partial charge in [-0.3, -0.25) is 14.3 Å². The molecule has 0 spiro atoms. The molecule has 0 aliphatic carbocycles. The average Bonchev–Trinajstić information content (AvgIpc) is 3.19. The first-order valence-electron chi connectivity index (χ1n) is 10.0. The summed E-state index contributed by atoms with van der Waals surface area (Å²) in [7, 11) is 0. The zero-order valence-corrected chi connectivity index (χ0v) is 19.2. The molecule has 1 aliphatic rings. The van der Waals surface area contributed by atoms with Gasteiger partial charge in [0.25, 0.3) is 5.56 Å². The van der Waals surface area contributed by atoms with Crippen LogP contribution in [0.4, 0.5) is 0 Å². The summed E-state index contributed by atoms with van der Waals surface area (Å²) in [6, 6.07) is 20.0. The lowest BCUT2D eigenvalue weighted by atomic mass is 10.1. The molecule has 2 heterocycles. The molecule has 0 amide bonds. The average molecular weight is 503 g/mol. The van der Waals surface area contributed by atoms with Gasteiger partial charge >= 0.3 is 5.69 Å². The van der Waals surface area contributed by atoms with Crippen molar-refractivity contribution in [2.75, 3.05) is 6.61 Å². The van der Waals surface area contributed by atoms with E-state index in [4.69, 9.17) is 9.47 Å². The van der Waals surface area contributed by atoms with Gasteiger partial charge in [0.05, 0.1) is 41.0 Å². The maximum absolute atomic E-state index is 12.4. The Morgan fingerprint density at radius 3 is 2.32 bits per heavy atom. The Hall–Kier alpha value is -2.13. The molecule has 1 saturated heterocycles. The fraction of sp³-hybridized carbons (Fsp3) is 0.304. The molecule has 0 radical (unpaired) electrons. The smallest absolute Gasteiger partial charge is 0.329 e. The van der Waals surface area contributed by atoms with Crippen LogP contribution in [-0.2, 0) is 22.7 Å². The third-order valence-electron chi connectivity index (χ3n) is 5.12. The second kappa shape index (κ2) is 10.5. The van der Waals surface area contributed by atoms with Crippen LogP contribution in [0.15, 0.2) is 80.9 Å². The second-order valence-corrected chi connectivity index (χ2v) is 9.62. The van der Waals surface area contributed by atoms with E-state index in [1.54, 1.807) is 22.5 Å². The van der Waals surface area contributed by atoms with Gasteiger partial charge in [0.15, 0.2) is 0 Å². The van der Waals surface area contributed by atoms with Gasteiger partial charge in [0, 0.05) is 12.6 Å². The van der Waals surface area contributed by atoms with Crippen LogP contribution >= 0.6 is 27.7 Å². The third-order valence-corrected chi connectivity index (χ3v) is 7.20. The normalized spacial score (nSPS) is 20.7. The molecule has 1 aliphatic heterocycles. The summed E-state index contributed by atoms with van der Waals surface area (Å²) in [5.74, 6) is 0. The molecule has 0 saturated carbocycles. The number of H-pyrrole nitrogens is 1. The lowest BCUT2D eigenvalue weighted by molar-refractivity contribution is 0.0134. The van der Waals surface area contributed by atoms with Gasteiger partial charge in [-0.25, -0.2) is 4.79 Å². The minimum atomic E-state index is -0.427. The van der Waals surface area contributed by atoms with E-state index in [1.807, 2.05) is 60.7 Å². The van der Waals surface area contributed by atoms with Gasteiger partial charge < -0.3 is 9.47 Å². The van der Waals surface area contributed by atoms with Crippen molar-refractivity contribution in [2.24, 2.45) is 0 Å². The summed E-state index contributed by atoms with van der Waals surface area (Å²) in [6.07, 6.45) is 2.12. The summed E-state index contributed by atoms with van der Waals surface area (Å²) in [5.41, 5.74) is 1.37.